The molecule has 0 radical (unpaired) electrons. The van der Waals surface area contributed by atoms with Gasteiger partial charge in [0.25, 0.3) is 11.5 Å². The fourth-order valence-corrected chi connectivity index (χ4v) is 5.50. The molecule has 3 aliphatic rings. The van der Waals surface area contributed by atoms with E-state index in [0.717, 1.165) is 33.4 Å². The number of carbonyl (C=O) groups is 1. The largest absolute Gasteiger partial charge is 0.381 e. The van der Waals surface area contributed by atoms with E-state index in [-0.39, 0.29) is 29.1 Å². The van der Waals surface area contributed by atoms with E-state index in [1.165, 1.54) is 0 Å². The lowest BCUT2D eigenvalue weighted by atomic mass is 9.99. The monoisotopic (exact) mass is 478 g/mol. The normalized spacial score (nSPS) is 21.8. The Morgan fingerprint density at radius 1 is 1.19 bits per heavy atom. The van der Waals surface area contributed by atoms with Crippen LogP contribution in [0.4, 0.5) is 5.82 Å². The number of anilines is 1. The molecule has 1 fully saturated rings. The van der Waals surface area contributed by atoms with Crippen LogP contribution in [0, 0.1) is 0 Å². The summed E-state index contributed by atoms with van der Waals surface area (Å²) < 4.78 is 8.26. The van der Waals surface area contributed by atoms with Crippen molar-refractivity contribution in [1.29, 1.82) is 0 Å². The van der Waals surface area contributed by atoms with E-state index in [2.05, 4.69) is 36.1 Å². The summed E-state index contributed by atoms with van der Waals surface area (Å²) in [4.78, 5) is 35.1. The molecule has 2 unspecified atom stereocenters. The van der Waals surface area contributed by atoms with Gasteiger partial charge >= 0.3 is 0 Å². The quantitative estimate of drug-likeness (QED) is 0.450. The minimum absolute atomic E-state index is 0.0867. The second-order valence-corrected chi connectivity index (χ2v) is 9.14. The number of rotatable bonds is 1. The predicted molar refractivity (Wildman–Crippen MR) is 114 cm³/mol. The third-order valence-corrected chi connectivity index (χ3v) is 6.95. The Morgan fingerprint density at radius 2 is 2.10 bits per heavy atom. The van der Waals surface area contributed by atoms with Gasteiger partial charge in [0.15, 0.2) is 0 Å². The number of pyridine rings is 1. The average Bonchev–Trinajstić information content (AvgIpc) is 3.52. The molecule has 6 heterocycles. The van der Waals surface area contributed by atoms with E-state index >= 15 is 0 Å². The first kappa shape index (κ1) is 17.6. The first-order valence-electron chi connectivity index (χ1n) is 10.1. The van der Waals surface area contributed by atoms with Gasteiger partial charge in [-0.15, -0.1) is 10.2 Å². The number of amides is 1. The Balaban J connectivity index is 1.48. The number of aromatic nitrogens is 5. The molecule has 1 aromatic carbocycles. The second kappa shape index (κ2) is 5.98. The highest BCUT2D eigenvalue weighted by Crippen LogP contribution is 2.47. The molecule has 4 aromatic rings. The van der Waals surface area contributed by atoms with E-state index in [1.807, 2.05) is 16.5 Å². The lowest BCUT2D eigenvalue weighted by Gasteiger charge is -2.15. The summed E-state index contributed by atoms with van der Waals surface area (Å²) in [6, 6.07) is 5.68. The number of nitrogens with zero attached hydrogens (tertiary/aromatic N) is 5. The number of hydrogen-bond donors (Lipinski definition) is 1. The van der Waals surface area contributed by atoms with Crippen LogP contribution in [0.25, 0.3) is 16.7 Å². The Kier molecular flexibility index (Phi) is 3.39. The van der Waals surface area contributed by atoms with Gasteiger partial charge in [-0.25, -0.2) is 4.98 Å². The van der Waals surface area contributed by atoms with Crippen LogP contribution in [0.3, 0.4) is 0 Å². The summed E-state index contributed by atoms with van der Waals surface area (Å²) in [6.45, 7) is 1.23. The van der Waals surface area contributed by atoms with Gasteiger partial charge in [-0.05, 0) is 51.7 Å². The summed E-state index contributed by atoms with van der Waals surface area (Å²) in [5.74, 6) is 1.42. The molecule has 3 aromatic heterocycles. The molecule has 3 aliphatic heterocycles. The van der Waals surface area contributed by atoms with Crippen LogP contribution in [0.2, 0.25) is 0 Å². The molecular formula is C21H15BrN6O3. The number of nitrogens with one attached hydrogen (secondary N) is 1. The Morgan fingerprint density at radius 3 is 2.94 bits per heavy atom. The van der Waals surface area contributed by atoms with Gasteiger partial charge in [-0.2, -0.15) is 0 Å². The van der Waals surface area contributed by atoms with Crippen LogP contribution < -0.4 is 10.5 Å². The number of carbonyl (C=O) groups excluding carboxylic acids is 1. The first-order valence-corrected chi connectivity index (χ1v) is 10.9. The van der Waals surface area contributed by atoms with Crippen LogP contribution in [0.5, 0.6) is 0 Å². The SMILES string of the molecule is O=C1c2cc3[nH]c(=O)c4nnc(C5CCOC5)n4c3cc2C2Cc3cc(Br)cnc3N12. The third-order valence-electron chi connectivity index (χ3n) is 6.51. The van der Waals surface area contributed by atoms with Crippen LogP contribution in [-0.4, -0.2) is 43.7 Å². The molecular weight excluding hydrogens is 464 g/mol. The van der Waals surface area contributed by atoms with Crippen molar-refractivity contribution in [3.63, 3.8) is 0 Å². The second-order valence-electron chi connectivity index (χ2n) is 8.22. The molecule has 7 rings (SSSR count). The summed E-state index contributed by atoms with van der Waals surface area (Å²) in [5, 5.41) is 8.48. The molecule has 2 atom stereocenters. The van der Waals surface area contributed by atoms with Gasteiger partial charge in [0.05, 0.1) is 23.7 Å². The van der Waals surface area contributed by atoms with Crippen LogP contribution in [0.15, 0.2) is 33.7 Å². The molecule has 0 spiro atoms. The van der Waals surface area contributed by atoms with Crippen molar-refractivity contribution < 1.29 is 9.53 Å². The maximum atomic E-state index is 13.3. The highest BCUT2D eigenvalue weighted by molar-refractivity contribution is 9.10. The molecule has 1 saturated heterocycles. The minimum Gasteiger partial charge on any atom is -0.381 e. The van der Waals surface area contributed by atoms with Crippen LogP contribution in [-0.2, 0) is 11.2 Å². The highest BCUT2D eigenvalue weighted by atomic mass is 79.9. The fourth-order valence-electron chi connectivity index (χ4n) is 5.12. The Hall–Kier alpha value is -3.11. The zero-order valence-corrected chi connectivity index (χ0v) is 17.7. The summed E-state index contributed by atoms with van der Waals surface area (Å²) >= 11 is 3.47. The smallest absolute Gasteiger partial charge is 0.294 e. The highest BCUT2D eigenvalue weighted by Gasteiger charge is 2.44. The van der Waals surface area contributed by atoms with E-state index in [1.54, 1.807) is 17.2 Å². The lowest BCUT2D eigenvalue weighted by Crippen LogP contribution is -2.24. The molecule has 1 N–H and O–H groups in total. The average molecular weight is 479 g/mol. The van der Waals surface area contributed by atoms with Gasteiger partial charge < -0.3 is 9.72 Å². The van der Waals surface area contributed by atoms with Gasteiger partial charge in [0.2, 0.25) is 5.65 Å². The molecule has 9 nitrogen and oxygen atoms in total. The van der Waals surface area contributed by atoms with Crippen molar-refractivity contribution in [3.8, 4) is 0 Å². The van der Waals surface area contributed by atoms with Crippen molar-refractivity contribution in [2.75, 3.05) is 18.1 Å². The molecule has 10 heteroatoms. The molecule has 0 aliphatic carbocycles. The fraction of sp³-hybridized carbons (Fsp3) is 0.286. The van der Waals surface area contributed by atoms with Crippen molar-refractivity contribution >= 4 is 44.3 Å². The predicted octanol–water partition coefficient (Wildman–Crippen LogP) is 2.49. The first-order chi connectivity index (χ1) is 15.1. The molecule has 31 heavy (non-hydrogen) atoms. The third kappa shape index (κ3) is 2.26. The Labute approximate surface area is 183 Å². The summed E-state index contributed by atoms with van der Waals surface area (Å²) in [5.41, 5.74) is 3.89. The zero-order valence-electron chi connectivity index (χ0n) is 16.1. The topological polar surface area (TPSA) is 105 Å². The number of hydrogen-bond acceptors (Lipinski definition) is 6. The van der Waals surface area contributed by atoms with Crippen molar-refractivity contribution in [2.24, 2.45) is 0 Å². The maximum Gasteiger partial charge on any atom is 0.294 e. The number of ether oxygens (including phenoxy) is 1. The van der Waals surface area contributed by atoms with E-state index in [4.69, 9.17) is 4.74 Å². The maximum absolute atomic E-state index is 13.3. The van der Waals surface area contributed by atoms with Crippen molar-refractivity contribution in [1.82, 2.24) is 24.6 Å². The van der Waals surface area contributed by atoms with Gasteiger partial charge in [-0.3, -0.25) is 18.9 Å². The molecule has 0 saturated carbocycles. The number of benzene rings is 1. The molecule has 1 amide bonds. The lowest BCUT2D eigenvalue weighted by molar-refractivity contribution is 0.0993. The molecule has 154 valence electrons. The standard InChI is InChI=1S/C21H15BrN6O3/c22-11-3-10-4-15-12-6-16-14(5-13(12)21(30)28(15)17(10)23-7-11)24-20(29)19-26-25-18(27(16)19)9-1-2-31-8-9/h3,5-7,9,15H,1-2,4,8H2,(H,24,29). The minimum atomic E-state index is -0.326. The number of aromatic amines is 1. The zero-order chi connectivity index (χ0) is 20.9. The van der Waals surface area contributed by atoms with E-state index in [0.29, 0.717) is 36.5 Å². The van der Waals surface area contributed by atoms with E-state index < -0.39 is 0 Å². The van der Waals surface area contributed by atoms with Crippen molar-refractivity contribution in [3.05, 3.63) is 61.7 Å². The van der Waals surface area contributed by atoms with Gasteiger partial charge in [0.1, 0.15) is 11.6 Å². The van der Waals surface area contributed by atoms with Gasteiger partial charge in [0, 0.05) is 35.2 Å². The number of fused-ring (bicyclic) bond motifs is 8. The van der Waals surface area contributed by atoms with Gasteiger partial charge in [-0.1, -0.05) is 0 Å². The summed E-state index contributed by atoms with van der Waals surface area (Å²) in [7, 11) is 0. The number of H-pyrrole nitrogens is 1. The van der Waals surface area contributed by atoms with E-state index in [9.17, 15) is 9.59 Å². The van der Waals surface area contributed by atoms with Crippen LogP contribution >= 0.6 is 15.9 Å². The Bertz CT molecular complexity index is 1500. The molecule has 0 bridgehead atoms. The summed E-state index contributed by atoms with van der Waals surface area (Å²) in [6.07, 6.45) is 3.25. The van der Waals surface area contributed by atoms with Crippen molar-refractivity contribution in [2.45, 2.75) is 24.8 Å². The number of halogens is 1. The van der Waals surface area contributed by atoms with Crippen LogP contribution in [0.1, 0.15) is 45.7 Å².